The fraction of sp³-hybridized carbons (Fsp3) is 0.100. The number of nitrogens with zero attached hydrogens (tertiary/aromatic N) is 6. The molecule has 0 atom stereocenters. The molecule has 2 aromatic rings. The molecule has 0 amide bonds. The van der Waals surface area contributed by atoms with Gasteiger partial charge in [0.2, 0.25) is 10.3 Å². The van der Waals surface area contributed by atoms with Crippen molar-refractivity contribution >= 4 is 27.4 Å². The molecule has 0 unspecified atom stereocenters. The smallest absolute Gasteiger partial charge is 0.227 e. The van der Waals surface area contributed by atoms with E-state index in [1.54, 1.807) is 12.1 Å². The van der Waals surface area contributed by atoms with Crippen molar-refractivity contribution in [2.24, 2.45) is 0 Å². The third-order valence-electron chi connectivity index (χ3n) is 2.16. The van der Waals surface area contributed by atoms with E-state index < -0.39 is 0 Å². The minimum atomic E-state index is -0.0491. The van der Waals surface area contributed by atoms with E-state index in [1.807, 2.05) is 6.07 Å². The van der Waals surface area contributed by atoms with Crippen LogP contribution in [0, 0.1) is 22.7 Å². The quantitative estimate of drug-likeness (QED) is 0.676. The van der Waals surface area contributed by atoms with Gasteiger partial charge in [0.1, 0.15) is 17.7 Å². The SMILES string of the molecule is C=CCNc1nnc(Nn2nc(C#N)c(C#N)c2N)s1. The lowest BCUT2D eigenvalue weighted by Crippen LogP contribution is -2.13. The Labute approximate surface area is 117 Å². The maximum absolute atomic E-state index is 8.90. The Balaban J connectivity index is 2.21. The summed E-state index contributed by atoms with van der Waals surface area (Å²) in [7, 11) is 0. The Morgan fingerprint density at radius 1 is 1.35 bits per heavy atom. The van der Waals surface area contributed by atoms with E-state index in [9.17, 15) is 0 Å². The van der Waals surface area contributed by atoms with E-state index in [2.05, 4.69) is 32.6 Å². The predicted octanol–water partition coefficient (Wildman–Crippen LogP) is 0.533. The Morgan fingerprint density at radius 2 is 2.10 bits per heavy atom. The lowest BCUT2D eigenvalue weighted by atomic mass is 10.3. The second-order valence-electron chi connectivity index (χ2n) is 3.44. The van der Waals surface area contributed by atoms with Crippen molar-refractivity contribution in [3.05, 3.63) is 23.9 Å². The molecule has 0 saturated heterocycles. The van der Waals surface area contributed by atoms with E-state index in [0.29, 0.717) is 16.8 Å². The first-order chi connectivity index (χ1) is 9.69. The van der Waals surface area contributed by atoms with Gasteiger partial charge in [-0.05, 0) is 0 Å². The van der Waals surface area contributed by atoms with Crippen molar-refractivity contribution in [2.45, 2.75) is 0 Å². The minimum Gasteiger partial charge on any atom is -0.381 e. The Bertz CT molecular complexity index is 714. The van der Waals surface area contributed by atoms with Crippen molar-refractivity contribution in [3.8, 4) is 12.1 Å². The number of nitrogen functional groups attached to an aromatic ring is 1. The topological polar surface area (TPSA) is 141 Å². The van der Waals surface area contributed by atoms with Crippen molar-refractivity contribution in [3.63, 3.8) is 0 Å². The molecule has 2 rings (SSSR count). The lowest BCUT2D eigenvalue weighted by Gasteiger charge is -2.02. The Hall–Kier alpha value is -3.11. The van der Waals surface area contributed by atoms with Crippen molar-refractivity contribution < 1.29 is 0 Å². The highest BCUT2D eigenvalue weighted by molar-refractivity contribution is 7.19. The number of hydrogen-bond donors (Lipinski definition) is 3. The third kappa shape index (κ3) is 2.50. The van der Waals surface area contributed by atoms with Gasteiger partial charge in [0, 0.05) is 6.54 Å². The second-order valence-corrected chi connectivity index (χ2v) is 4.42. The van der Waals surface area contributed by atoms with Gasteiger partial charge in [0.15, 0.2) is 11.5 Å². The van der Waals surface area contributed by atoms with E-state index in [4.69, 9.17) is 16.3 Å². The zero-order valence-electron chi connectivity index (χ0n) is 10.2. The molecule has 9 nitrogen and oxygen atoms in total. The molecule has 0 aliphatic heterocycles. The average Bonchev–Trinajstić information content (AvgIpc) is 3.02. The first kappa shape index (κ1) is 13.3. The summed E-state index contributed by atoms with van der Waals surface area (Å²) in [6.07, 6.45) is 1.69. The fourth-order valence-electron chi connectivity index (χ4n) is 1.29. The average molecular weight is 287 g/mol. The monoisotopic (exact) mass is 287 g/mol. The number of nitrogens with one attached hydrogen (secondary N) is 2. The number of aromatic nitrogens is 4. The zero-order valence-corrected chi connectivity index (χ0v) is 11.0. The van der Waals surface area contributed by atoms with Gasteiger partial charge in [-0.15, -0.1) is 21.9 Å². The summed E-state index contributed by atoms with van der Waals surface area (Å²) in [5.74, 6) is 0.0415. The first-order valence-corrected chi connectivity index (χ1v) is 6.15. The van der Waals surface area contributed by atoms with E-state index in [0.717, 1.165) is 4.79 Å². The number of nitrogens with two attached hydrogens (primary N) is 1. The van der Waals surface area contributed by atoms with Crippen molar-refractivity contribution in [2.75, 3.05) is 23.0 Å². The maximum atomic E-state index is 8.90. The largest absolute Gasteiger partial charge is 0.381 e. The molecule has 0 aromatic carbocycles. The molecule has 2 heterocycles. The molecule has 0 aliphatic carbocycles. The van der Waals surface area contributed by atoms with E-state index in [1.165, 1.54) is 11.3 Å². The molecule has 2 aromatic heterocycles. The predicted molar refractivity (Wildman–Crippen MR) is 73.7 cm³/mol. The molecule has 0 spiro atoms. The molecule has 0 saturated carbocycles. The summed E-state index contributed by atoms with van der Waals surface area (Å²) in [5.41, 5.74) is 8.45. The Morgan fingerprint density at radius 3 is 2.70 bits per heavy atom. The minimum absolute atomic E-state index is 0.0227. The highest BCUT2D eigenvalue weighted by atomic mass is 32.1. The van der Waals surface area contributed by atoms with E-state index >= 15 is 0 Å². The van der Waals surface area contributed by atoms with Gasteiger partial charge in [0.05, 0.1) is 0 Å². The van der Waals surface area contributed by atoms with Crippen LogP contribution in [0.2, 0.25) is 0 Å². The zero-order chi connectivity index (χ0) is 14.5. The van der Waals surface area contributed by atoms with Crippen LogP contribution in [0.4, 0.5) is 16.1 Å². The van der Waals surface area contributed by atoms with E-state index in [-0.39, 0.29) is 17.1 Å². The van der Waals surface area contributed by atoms with Crippen LogP contribution in [0.25, 0.3) is 0 Å². The maximum Gasteiger partial charge on any atom is 0.227 e. The van der Waals surface area contributed by atoms with Gasteiger partial charge < -0.3 is 11.1 Å². The van der Waals surface area contributed by atoms with Gasteiger partial charge in [-0.3, -0.25) is 0 Å². The van der Waals surface area contributed by atoms with Crippen LogP contribution < -0.4 is 16.5 Å². The molecule has 0 aliphatic rings. The standard InChI is InChI=1S/C10H9N9S/c1-2-3-14-9-15-16-10(20-9)18-19-8(13)6(4-11)7(5-12)17-19/h2H,1,3,13H2,(H,14,15)(H,16,18). The molecule has 100 valence electrons. The fourth-order valence-corrected chi connectivity index (χ4v) is 1.93. The summed E-state index contributed by atoms with van der Waals surface area (Å²) in [6, 6.07) is 3.62. The first-order valence-electron chi connectivity index (χ1n) is 5.33. The third-order valence-corrected chi connectivity index (χ3v) is 2.95. The number of nitriles is 2. The van der Waals surface area contributed by atoms with Gasteiger partial charge in [-0.1, -0.05) is 17.4 Å². The number of rotatable bonds is 5. The van der Waals surface area contributed by atoms with Gasteiger partial charge in [0.25, 0.3) is 0 Å². The summed E-state index contributed by atoms with van der Waals surface area (Å²) in [5, 5.41) is 33.4. The van der Waals surface area contributed by atoms with Crippen molar-refractivity contribution in [1.29, 1.82) is 10.5 Å². The molecule has 0 bridgehead atoms. The number of hydrogen-bond acceptors (Lipinski definition) is 9. The highest BCUT2D eigenvalue weighted by Gasteiger charge is 2.16. The van der Waals surface area contributed by atoms with Crippen LogP contribution in [0.3, 0.4) is 0 Å². The summed E-state index contributed by atoms with van der Waals surface area (Å²) in [6.45, 7) is 4.14. The highest BCUT2D eigenvalue weighted by Crippen LogP contribution is 2.21. The molecule has 4 N–H and O–H groups in total. The van der Waals surface area contributed by atoms with Crippen LogP contribution in [0.15, 0.2) is 12.7 Å². The van der Waals surface area contributed by atoms with Gasteiger partial charge >= 0.3 is 0 Å². The number of anilines is 3. The second kappa shape index (κ2) is 5.69. The molecule has 20 heavy (non-hydrogen) atoms. The lowest BCUT2D eigenvalue weighted by molar-refractivity contribution is 0.802. The van der Waals surface area contributed by atoms with Crippen LogP contribution in [-0.4, -0.2) is 26.6 Å². The Kier molecular flexibility index (Phi) is 3.79. The van der Waals surface area contributed by atoms with Gasteiger partial charge in [-0.25, -0.2) is 5.43 Å². The van der Waals surface area contributed by atoms with Crippen LogP contribution in [0.5, 0.6) is 0 Å². The molecule has 0 radical (unpaired) electrons. The summed E-state index contributed by atoms with van der Waals surface area (Å²) in [4.78, 5) is 1.12. The molecule has 10 heteroatoms. The van der Waals surface area contributed by atoms with Gasteiger partial charge in [-0.2, -0.15) is 15.3 Å². The molecule has 0 fully saturated rings. The summed E-state index contributed by atoms with van der Waals surface area (Å²) >= 11 is 1.23. The van der Waals surface area contributed by atoms with Crippen LogP contribution in [0.1, 0.15) is 11.3 Å². The van der Waals surface area contributed by atoms with Crippen molar-refractivity contribution in [1.82, 2.24) is 20.1 Å². The molecular formula is C10H9N9S. The molecular weight excluding hydrogens is 278 g/mol. The summed E-state index contributed by atoms with van der Waals surface area (Å²) < 4.78 is 0. The van der Waals surface area contributed by atoms with Crippen LogP contribution in [-0.2, 0) is 0 Å². The normalized spacial score (nSPS) is 9.50. The van der Waals surface area contributed by atoms with Crippen LogP contribution >= 0.6 is 11.3 Å².